The number of pyridine rings is 1. The van der Waals surface area contributed by atoms with Crippen LogP contribution in [0.25, 0.3) is 22.4 Å². The predicted molar refractivity (Wildman–Crippen MR) is 141 cm³/mol. The van der Waals surface area contributed by atoms with Gasteiger partial charge in [0.15, 0.2) is 0 Å². The number of carbonyl (C=O) groups excluding carboxylic acids is 1. The van der Waals surface area contributed by atoms with Crippen LogP contribution in [0.3, 0.4) is 0 Å². The van der Waals surface area contributed by atoms with Crippen molar-refractivity contribution in [1.82, 2.24) is 4.98 Å². The van der Waals surface area contributed by atoms with E-state index in [-0.39, 0.29) is 5.91 Å². The molecular formula is C29H25N3O2S. The van der Waals surface area contributed by atoms with Crippen LogP contribution in [0.4, 0.5) is 5.69 Å². The van der Waals surface area contributed by atoms with Crippen molar-refractivity contribution in [2.24, 2.45) is 0 Å². The van der Waals surface area contributed by atoms with E-state index in [4.69, 9.17) is 9.72 Å². The van der Waals surface area contributed by atoms with Gasteiger partial charge >= 0.3 is 0 Å². The summed E-state index contributed by atoms with van der Waals surface area (Å²) >= 11 is 1.28. The molecule has 4 rings (SSSR count). The third kappa shape index (κ3) is 5.89. The van der Waals surface area contributed by atoms with E-state index in [1.165, 1.54) is 11.8 Å². The predicted octanol–water partition coefficient (Wildman–Crippen LogP) is 6.81. The number of aromatic nitrogens is 1. The number of para-hydroxylation sites is 1. The number of rotatable bonds is 8. The van der Waals surface area contributed by atoms with E-state index in [9.17, 15) is 10.1 Å². The summed E-state index contributed by atoms with van der Waals surface area (Å²) in [5, 5.41) is 13.1. The molecule has 1 unspecified atom stereocenters. The summed E-state index contributed by atoms with van der Waals surface area (Å²) in [6.07, 6.45) is 0. The quantitative estimate of drug-likeness (QED) is 0.281. The van der Waals surface area contributed by atoms with Crippen LogP contribution in [0.5, 0.6) is 5.75 Å². The maximum absolute atomic E-state index is 12.9. The molecule has 0 radical (unpaired) electrons. The van der Waals surface area contributed by atoms with Crippen molar-refractivity contribution in [3.8, 4) is 34.2 Å². The summed E-state index contributed by atoms with van der Waals surface area (Å²) in [5.41, 5.74) is 4.51. The van der Waals surface area contributed by atoms with Gasteiger partial charge < -0.3 is 10.1 Å². The van der Waals surface area contributed by atoms with Gasteiger partial charge in [0.1, 0.15) is 16.8 Å². The number of nitriles is 1. The highest BCUT2D eigenvalue weighted by Crippen LogP contribution is 2.36. The SMILES string of the molecule is CCOc1ccc(-c2cc(-c3ccccc3)c(C#N)c(SC(C)C(=O)Nc3ccccc3)n2)cc1. The molecule has 1 aromatic heterocycles. The fourth-order valence-electron chi connectivity index (χ4n) is 3.58. The number of benzene rings is 3. The van der Waals surface area contributed by atoms with Gasteiger partial charge in [0.2, 0.25) is 5.91 Å². The molecule has 0 aliphatic carbocycles. The number of ether oxygens (including phenoxy) is 1. The summed E-state index contributed by atoms with van der Waals surface area (Å²) in [4.78, 5) is 17.7. The smallest absolute Gasteiger partial charge is 0.237 e. The molecule has 0 aliphatic heterocycles. The van der Waals surface area contributed by atoms with E-state index in [2.05, 4.69) is 11.4 Å². The standard InChI is InChI=1S/C29H25N3O2S/c1-3-34-24-16-14-22(15-17-24)27-18-25(21-10-6-4-7-11-21)26(19-30)29(32-27)35-20(2)28(33)31-23-12-8-5-9-13-23/h4-18,20H,3H2,1-2H3,(H,31,33). The minimum absolute atomic E-state index is 0.153. The van der Waals surface area contributed by atoms with Gasteiger partial charge in [0, 0.05) is 16.8 Å². The van der Waals surface area contributed by atoms with Gasteiger partial charge in [-0.1, -0.05) is 60.3 Å². The van der Waals surface area contributed by atoms with E-state index < -0.39 is 5.25 Å². The highest BCUT2D eigenvalue weighted by atomic mass is 32.2. The Bertz CT molecular complexity index is 1330. The normalized spacial score (nSPS) is 11.3. The van der Waals surface area contributed by atoms with Crippen molar-refractivity contribution in [3.63, 3.8) is 0 Å². The number of carbonyl (C=O) groups is 1. The van der Waals surface area contributed by atoms with Crippen LogP contribution >= 0.6 is 11.8 Å². The van der Waals surface area contributed by atoms with E-state index in [1.807, 2.05) is 105 Å². The second-order valence-electron chi connectivity index (χ2n) is 7.79. The summed E-state index contributed by atoms with van der Waals surface area (Å²) < 4.78 is 5.57. The van der Waals surface area contributed by atoms with Crippen molar-refractivity contribution < 1.29 is 9.53 Å². The van der Waals surface area contributed by atoms with Crippen LogP contribution < -0.4 is 10.1 Å². The van der Waals surface area contributed by atoms with Crippen LogP contribution in [0.15, 0.2) is 96.0 Å². The first-order valence-corrected chi connectivity index (χ1v) is 12.2. The minimum Gasteiger partial charge on any atom is -0.494 e. The van der Waals surface area contributed by atoms with Crippen molar-refractivity contribution in [2.75, 3.05) is 11.9 Å². The number of amides is 1. The molecule has 1 N–H and O–H groups in total. The molecule has 0 spiro atoms. The monoisotopic (exact) mass is 479 g/mol. The van der Waals surface area contributed by atoms with Gasteiger partial charge in [-0.25, -0.2) is 4.98 Å². The third-order valence-corrected chi connectivity index (χ3v) is 6.43. The Morgan fingerprint density at radius 3 is 2.29 bits per heavy atom. The molecule has 5 nitrogen and oxygen atoms in total. The zero-order valence-corrected chi connectivity index (χ0v) is 20.4. The molecule has 0 fully saturated rings. The van der Waals surface area contributed by atoms with Crippen molar-refractivity contribution in [2.45, 2.75) is 24.1 Å². The van der Waals surface area contributed by atoms with Gasteiger partial charge in [0.25, 0.3) is 0 Å². The molecule has 0 bridgehead atoms. The van der Waals surface area contributed by atoms with Crippen LogP contribution in [-0.2, 0) is 4.79 Å². The lowest BCUT2D eigenvalue weighted by atomic mass is 9.99. The fourth-order valence-corrected chi connectivity index (χ4v) is 4.51. The molecule has 6 heteroatoms. The fraction of sp³-hybridized carbons (Fsp3) is 0.138. The molecule has 0 aliphatic rings. The average Bonchev–Trinajstić information content (AvgIpc) is 2.90. The Labute approximate surface area is 209 Å². The number of thioether (sulfide) groups is 1. The lowest BCUT2D eigenvalue weighted by Gasteiger charge is -2.16. The number of nitrogens with zero attached hydrogens (tertiary/aromatic N) is 2. The first-order valence-electron chi connectivity index (χ1n) is 11.4. The van der Waals surface area contributed by atoms with E-state index in [0.717, 1.165) is 33.8 Å². The van der Waals surface area contributed by atoms with Gasteiger partial charge in [-0.3, -0.25) is 4.79 Å². The first-order chi connectivity index (χ1) is 17.1. The zero-order chi connectivity index (χ0) is 24.6. The number of hydrogen-bond donors (Lipinski definition) is 1. The Balaban J connectivity index is 1.72. The Hall–Kier alpha value is -4.08. The lowest BCUT2D eigenvalue weighted by molar-refractivity contribution is -0.115. The first kappa shape index (κ1) is 24.1. The van der Waals surface area contributed by atoms with Crippen molar-refractivity contribution in [1.29, 1.82) is 5.26 Å². The molecule has 4 aromatic rings. The molecule has 174 valence electrons. The number of anilines is 1. The number of nitrogens with one attached hydrogen (secondary N) is 1. The van der Waals surface area contributed by atoms with Crippen LogP contribution in [0.2, 0.25) is 0 Å². The number of hydrogen-bond acceptors (Lipinski definition) is 5. The summed E-state index contributed by atoms with van der Waals surface area (Å²) in [7, 11) is 0. The molecule has 0 saturated heterocycles. The zero-order valence-electron chi connectivity index (χ0n) is 19.6. The molecule has 1 amide bonds. The molecule has 1 atom stereocenters. The van der Waals surface area contributed by atoms with E-state index >= 15 is 0 Å². The largest absolute Gasteiger partial charge is 0.494 e. The summed E-state index contributed by atoms with van der Waals surface area (Å²) in [5.74, 6) is 0.633. The second-order valence-corrected chi connectivity index (χ2v) is 9.12. The van der Waals surface area contributed by atoms with Gasteiger partial charge in [-0.15, -0.1) is 0 Å². The van der Waals surface area contributed by atoms with Gasteiger partial charge in [0.05, 0.1) is 23.1 Å². The van der Waals surface area contributed by atoms with E-state index in [0.29, 0.717) is 17.2 Å². The van der Waals surface area contributed by atoms with Crippen molar-refractivity contribution in [3.05, 3.63) is 96.6 Å². The summed E-state index contributed by atoms with van der Waals surface area (Å²) in [6, 6.07) is 31.1. The highest BCUT2D eigenvalue weighted by Gasteiger charge is 2.21. The van der Waals surface area contributed by atoms with Crippen LogP contribution in [0, 0.1) is 11.3 Å². The minimum atomic E-state index is -0.464. The maximum Gasteiger partial charge on any atom is 0.237 e. The van der Waals surface area contributed by atoms with Gasteiger partial charge in [-0.2, -0.15) is 5.26 Å². The topological polar surface area (TPSA) is 75.0 Å². The van der Waals surface area contributed by atoms with Gasteiger partial charge in [-0.05, 0) is 61.9 Å². The average molecular weight is 480 g/mol. The highest BCUT2D eigenvalue weighted by molar-refractivity contribution is 8.00. The Morgan fingerprint density at radius 1 is 1.00 bits per heavy atom. The molecule has 1 heterocycles. The van der Waals surface area contributed by atoms with Crippen LogP contribution in [-0.4, -0.2) is 22.7 Å². The van der Waals surface area contributed by atoms with E-state index in [1.54, 1.807) is 0 Å². The van der Waals surface area contributed by atoms with Crippen molar-refractivity contribution >= 4 is 23.4 Å². The maximum atomic E-state index is 12.9. The molecule has 35 heavy (non-hydrogen) atoms. The molecular weight excluding hydrogens is 454 g/mol. The van der Waals surface area contributed by atoms with Crippen LogP contribution in [0.1, 0.15) is 19.4 Å². The second kappa shape index (κ2) is 11.4. The lowest BCUT2D eigenvalue weighted by Crippen LogP contribution is -2.22. The summed E-state index contributed by atoms with van der Waals surface area (Å²) in [6.45, 7) is 4.36. The molecule has 3 aromatic carbocycles. The molecule has 0 saturated carbocycles. The third-order valence-electron chi connectivity index (χ3n) is 5.34. The Kier molecular flexibility index (Phi) is 7.81. The Morgan fingerprint density at radius 2 is 1.66 bits per heavy atom.